The van der Waals surface area contributed by atoms with Gasteiger partial charge in [-0.25, -0.2) is 4.39 Å². The Bertz CT molecular complexity index is 369. The Morgan fingerprint density at radius 1 is 1.24 bits per heavy atom. The molecule has 0 radical (unpaired) electrons. The van der Waals surface area contributed by atoms with Crippen LogP contribution < -0.4 is 15.2 Å². The second-order valence-electron chi connectivity index (χ2n) is 4.19. The average molecular weight is 241 g/mol. The topological polar surface area (TPSA) is 44.5 Å². The van der Waals surface area contributed by atoms with Crippen molar-refractivity contribution in [2.24, 2.45) is 11.7 Å². The Kier molecular flexibility index (Phi) is 5.22. The van der Waals surface area contributed by atoms with Gasteiger partial charge in [-0.1, -0.05) is 6.92 Å². The summed E-state index contributed by atoms with van der Waals surface area (Å²) in [5, 5.41) is 0. The third-order valence-corrected chi connectivity index (χ3v) is 2.78. The van der Waals surface area contributed by atoms with E-state index in [1.165, 1.54) is 13.2 Å². The van der Waals surface area contributed by atoms with Gasteiger partial charge >= 0.3 is 0 Å². The summed E-state index contributed by atoms with van der Waals surface area (Å²) in [6, 6.07) is 3.06. The van der Waals surface area contributed by atoms with Crippen LogP contribution in [0.1, 0.15) is 18.9 Å². The molecule has 0 aliphatic rings. The number of methoxy groups -OCH3 is 2. The van der Waals surface area contributed by atoms with Crippen LogP contribution in [0.2, 0.25) is 0 Å². The number of hydrogen-bond acceptors (Lipinski definition) is 3. The van der Waals surface area contributed by atoms with Crippen molar-refractivity contribution in [3.05, 3.63) is 23.5 Å². The van der Waals surface area contributed by atoms with Crippen LogP contribution in [0.15, 0.2) is 12.1 Å². The fraction of sp³-hybridized carbons (Fsp3) is 0.538. The molecule has 0 fully saturated rings. The maximum atomic E-state index is 13.8. The van der Waals surface area contributed by atoms with Crippen molar-refractivity contribution < 1.29 is 13.9 Å². The number of ether oxygens (including phenoxy) is 2. The summed E-state index contributed by atoms with van der Waals surface area (Å²) in [5.74, 6) is 1.07. The van der Waals surface area contributed by atoms with Gasteiger partial charge in [0.1, 0.15) is 5.82 Å². The number of benzene rings is 1. The summed E-state index contributed by atoms with van der Waals surface area (Å²) >= 11 is 0. The monoisotopic (exact) mass is 241 g/mol. The van der Waals surface area contributed by atoms with E-state index in [2.05, 4.69) is 6.92 Å². The molecule has 1 aromatic rings. The maximum absolute atomic E-state index is 13.8. The molecule has 0 amide bonds. The summed E-state index contributed by atoms with van der Waals surface area (Å²) < 4.78 is 24.0. The highest BCUT2D eigenvalue weighted by Crippen LogP contribution is 2.31. The molecule has 1 aromatic carbocycles. The van der Waals surface area contributed by atoms with Crippen molar-refractivity contribution in [2.75, 3.05) is 20.8 Å². The molecule has 3 nitrogen and oxygen atoms in total. The molecule has 1 atom stereocenters. The maximum Gasteiger partial charge on any atom is 0.163 e. The first kappa shape index (κ1) is 13.8. The van der Waals surface area contributed by atoms with E-state index in [-0.39, 0.29) is 5.82 Å². The molecule has 0 bridgehead atoms. The van der Waals surface area contributed by atoms with Crippen molar-refractivity contribution >= 4 is 0 Å². The second-order valence-corrected chi connectivity index (χ2v) is 4.19. The first-order chi connectivity index (χ1) is 8.12. The van der Waals surface area contributed by atoms with Crippen LogP contribution in [-0.2, 0) is 6.42 Å². The van der Waals surface area contributed by atoms with Crippen LogP contribution in [0.25, 0.3) is 0 Å². The van der Waals surface area contributed by atoms with E-state index in [4.69, 9.17) is 15.2 Å². The third-order valence-electron chi connectivity index (χ3n) is 2.78. The quantitative estimate of drug-likeness (QED) is 0.831. The zero-order valence-corrected chi connectivity index (χ0v) is 10.6. The van der Waals surface area contributed by atoms with Gasteiger partial charge in [0.25, 0.3) is 0 Å². The van der Waals surface area contributed by atoms with Gasteiger partial charge in [0, 0.05) is 6.07 Å². The van der Waals surface area contributed by atoms with Crippen LogP contribution in [0.3, 0.4) is 0 Å². The number of rotatable bonds is 6. The van der Waals surface area contributed by atoms with Crippen molar-refractivity contribution in [1.82, 2.24) is 0 Å². The van der Waals surface area contributed by atoms with Crippen molar-refractivity contribution in [1.29, 1.82) is 0 Å². The average Bonchev–Trinajstić information content (AvgIpc) is 2.31. The zero-order chi connectivity index (χ0) is 12.8. The normalized spacial score (nSPS) is 12.3. The lowest BCUT2D eigenvalue weighted by molar-refractivity contribution is 0.351. The molecule has 0 spiro atoms. The van der Waals surface area contributed by atoms with Crippen LogP contribution in [0, 0.1) is 11.7 Å². The van der Waals surface area contributed by atoms with Gasteiger partial charge in [-0.05, 0) is 36.9 Å². The molecule has 1 rings (SSSR count). The third kappa shape index (κ3) is 3.60. The number of hydrogen-bond donors (Lipinski definition) is 1. The lowest BCUT2D eigenvalue weighted by atomic mass is 9.97. The molecule has 1 unspecified atom stereocenters. The fourth-order valence-corrected chi connectivity index (χ4v) is 1.81. The molecule has 0 aromatic heterocycles. The molecule has 0 aliphatic carbocycles. The highest BCUT2D eigenvalue weighted by molar-refractivity contribution is 5.43. The van der Waals surface area contributed by atoms with Gasteiger partial charge in [0.05, 0.1) is 14.2 Å². The lowest BCUT2D eigenvalue weighted by Crippen LogP contribution is -2.09. The van der Waals surface area contributed by atoms with Gasteiger partial charge in [-0.2, -0.15) is 0 Å². The predicted octanol–water partition coefficient (Wildman–Crippen LogP) is 2.37. The minimum absolute atomic E-state index is 0.258. The molecule has 0 saturated carbocycles. The van der Waals surface area contributed by atoms with Gasteiger partial charge in [0.15, 0.2) is 11.5 Å². The summed E-state index contributed by atoms with van der Waals surface area (Å²) in [4.78, 5) is 0. The highest BCUT2D eigenvalue weighted by atomic mass is 19.1. The van der Waals surface area contributed by atoms with Crippen molar-refractivity contribution in [3.8, 4) is 11.5 Å². The van der Waals surface area contributed by atoms with E-state index in [9.17, 15) is 4.39 Å². The number of nitrogens with two attached hydrogens (primary N) is 1. The highest BCUT2D eigenvalue weighted by Gasteiger charge is 2.13. The smallest absolute Gasteiger partial charge is 0.163 e. The molecule has 0 saturated heterocycles. The van der Waals surface area contributed by atoms with E-state index in [0.717, 1.165) is 6.42 Å². The zero-order valence-electron chi connectivity index (χ0n) is 10.6. The van der Waals surface area contributed by atoms with Crippen LogP contribution in [0.5, 0.6) is 11.5 Å². The molecular weight excluding hydrogens is 221 g/mol. The summed E-state index contributed by atoms with van der Waals surface area (Å²) in [7, 11) is 3.04. The molecule has 0 aliphatic heterocycles. The van der Waals surface area contributed by atoms with Gasteiger partial charge < -0.3 is 15.2 Å². The summed E-state index contributed by atoms with van der Waals surface area (Å²) in [6.07, 6.45) is 1.54. The first-order valence-electron chi connectivity index (χ1n) is 5.72. The molecule has 0 heterocycles. The van der Waals surface area contributed by atoms with Gasteiger partial charge in [0.2, 0.25) is 0 Å². The molecular formula is C13H20FNO2. The molecule has 17 heavy (non-hydrogen) atoms. The Morgan fingerprint density at radius 3 is 2.35 bits per heavy atom. The Hall–Kier alpha value is -1.29. The van der Waals surface area contributed by atoms with Gasteiger partial charge in [-0.15, -0.1) is 0 Å². The fourth-order valence-electron chi connectivity index (χ4n) is 1.81. The summed E-state index contributed by atoms with van der Waals surface area (Å²) in [5.41, 5.74) is 6.13. The minimum atomic E-state index is -0.258. The lowest BCUT2D eigenvalue weighted by Gasteiger charge is -2.14. The van der Waals surface area contributed by atoms with E-state index < -0.39 is 0 Å². The second kappa shape index (κ2) is 6.45. The van der Waals surface area contributed by atoms with E-state index in [0.29, 0.717) is 35.9 Å². The van der Waals surface area contributed by atoms with E-state index in [1.54, 1.807) is 13.2 Å². The molecule has 2 N–H and O–H groups in total. The van der Waals surface area contributed by atoms with E-state index >= 15 is 0 Å². The van der Waals surface area contributed by atoms with Gasteiger partial charge in [-0.3, -0.25) is 0 Å². The van der Waals surface area contributed by atoms with Crippen molar-refractivity contribution in [3.63, 3.8) is 0 Å². The first-order valence-corrected chi connectivity index (χ1v) is 5.72. The largest absolute Gasteiger partial charge is 0.493 e. The van der Waals surface area contributed by atoms with Crippen LogP contribution >= 0.6 is 0 Å². The van der Waals surface area contributed by atoms with Crippen molar-refractivity contribution in [2.45, 2.75) is 19.8 Å². The number of halogens is 1. The standard InChI is InChI=1S/C13H20FNO2/c1-9(4-5-15)6-10-7-12(16-2)13(17-3)8-11(10)14/h7-9H,4-6,15H2,1-3H3. The SMILES string of the molecule is COc1cc(F)c(CC(C)CCN)cc1OC. The Labute approximate surface area is 102 Å². The molecule has 4 heteroatoms. The Morgan fingerprint density at radius 2 is 1.82 bits per heavy atom. The van der Waals surface area contributed by atoms with Crippen LogP contribution in [-0.4, -0.2) is 20.8 Å². The summed E-state index contributed by atoms with van der Waals surface area (Å²) in [6.45, 7) is 2.68. The van der Waals surface area contributed by atoms with E-state index in [1.807, 2.05) is 0 Å². The predicted molar refractivity (Wildman–Crippen MR) is 66.0 cm³/mol. The molecule has 96 valence electrons. The van der Waals surface area contributed by atoms with Crippen LogP contribution in [0.4, 0.5) is 4.39 Å². The Balaban J connectivity index is 2.92. The minimum Gasteiger partial charge on any atom is -0.493 e.